The smallest absolute Gasteiger partial charge is 0.138 e. The SMILES string of the molecule is CN(C)C1CCN(c2cc(N)nc(C(C)(C)C)n2)CC1. The summed E-state index contributed by atoms with van der Waals surface area (Å²) in [6.45, 7) is 8.41. The van der Waals surface area contributed by atoms with Crippen molar-refractivity contribution in [1.29, 1.82) is 0 Å². The average Bonchev–Trinajstić information content (AvgIpc) is 2.37. The third kappa shape index (κ3) is 3.39. The van der Waals surface area contributed by atoms with Gasteiger partial charge in [-0.2, -0.15) is 0 Å². The number of rotatable bonds is 2. The Morgan fingerprint density at radius 1 is 1.20 bits per heavy atom. The van der Waals surface area contributed by atoms with E-state index in [2.05, 4.69) is 49.7 Å². The Bertz CT molecular complexity index is 456. The van der Waals surface area contributed by atoms with Gasteiger partial charge in [0.1, 0.15) is 17.5 Å². The molecule has 112 valence electrons. The Labute approximate surface area is 122 Å². The van der Waals surface area contributed by atoms with E-state index in [1.54, 1.807) is 0 Å². The molecule has 0 atom stereocenters. The highest BCUT2D eigenvalue weighted by Crippen LogP contribution is 2.25. The zero-order chi connectivity index (χ0) is 14.9. The number of piperidine rings is 1. The predicted octanol–water partition coefficient (Wildman–Crippen LogP) is 1.89. The molecule has 5 heteroatoms. The molecular weight excluding hydrogens is 250 g/mol. The largest absolute Gasteiger partial charge is 0.384 e. The third-order valence-electron chi connectivity index (χ3n) is 3.92. The molecule has 2 rings (SSSR count). The maximum absolute atomic E-state index is 5.95. The van der Waals surface area contributed by atoms with Crippen molar-refractivity contribution in [2.75, 3.05) is 37.8 Å². The highest BCUT2D eigenvalue weighted by Gasteiger charge is 2.24. The van der Waals surface area contributed by atoms with E-state index in [1.165, 1.54) is 12.8 Å². The molecule has 2 heterocycles. The summed E-state index contributed by atoms with van der Waals surface area (Å²) in [7, 11) is 4.31. The van der Waals surface area contributed by atoms with Crippen molar-refractivity contribution in [2.24, 2.45) is 0 Å². The first-order chi connectivity index (χ1) is 9.27. The fourth-order valence-corrected chi connectivity index (χ4v) is 2.56. The number of hydrogen-bond donors (Lipinski definition) is 1. The monoisotopic (exact) mass is 277 g/mol. The van der Waals surface area contributed by atoms with Gasteiger partial charge in [-0.15, -0.1) is 0 Å². The maximum Gasteiger partial charge on any atom is 0.138 e. The number of nitrogens with zero attached hydrogens (tertiary/aromatic N) is 4. The molecule has 0 amide bonds. The summed E-state index contributed by atoms with van der Waals surface area (Å²) in [5.74, 6) is 2.36. The van der Waals surface area contributed by atoms with Crippen molar-refractivity contribution in [3.05, 3.63) is 11.9 Å². The zero-order valence-corrected chi connectivity index (χ0v) is 13.3. The summed E-state index contributed by atoms with van der Waals surface area (Å²) in [4.78, 5) is 13.7. The van der Waals surface area contributed by atoms with E-state index in [0.29, 0.717) is 11.9 Å². The summed E-state index contributed by atoms with van der Waals surface area (Å²) in [6.07, 6.45) is 2.34. The highest BCUT2D eigenvalue weighted by molar-refractivity contribution is 5.48. The Balaban J connectivity index is 2.16. The van der Waals surface area contributed by atoms with E-state index < -0.39 is 0 Å². The van der Waals surface area contributed by atoms with E-state index in [0.717, 1.165) is 24.7 Å². The first-order valence-electron chi connectivity index (χ1n) is 7.34. The van der Waals surface area contributed by atoms with Gasteiger partial charge in [0.15, 0.2) is 0 Å². The molecule has 1 aromatic rings. The zero-order valence-electron chi connectivity index (χ0n) is 13.3. The van der Waals surface area contributed by atoms with E-state index in [1.807, 2.05) is 6.07 Å². The second-order valence-corrected chi connectivity index (χ2v) is 6.91. The number of nitrogens with two attached hydrogens (primary N) is 1. The van der Waals surface area contributed by atoms with Crippen molar-refractivity contribution in [3.63, 3.8) is 0 Å². The van der Waals surface area contributed by atoms with E-state index in [9.17, 15) is 0 Å². The molecule has 0 aromatic carbocycles. The molecule has 1 aromatic heterocycles. The lowest BCUT2D eigenvalue weighted by Crippen LogP contribution is -2.42. The van der Waals surface area contributed by atoms with Crippen molar-refractivity contribution >= 4 is 11.6 Å². The number of aromatic nitrogens is 2. The number of anilines is 2. The standard InChI is InChI=1S/C15H27N5/c1-15(2,3)14-17-12(16)10-13(18-14)20-8-6-11(7-9-20)19(4)5/h10-11H,6-9H2,1-5H3,(H2,16,17,18). The molecule has 1 saturated heterocycles. The van der Waals surface area contributed by atoms with Gasteiger partial charge in [0, 0.05) is 30.6 Å². The van der Waals surface area contributed by atoms with Gasteiger partial charge < -0.3 is 15.5 Å². The average molecular weight is 277 g/mol. The van der Waals surface area contributed by atoms with Gasteiger partial charge in [0.25, 0.3) is 0 Å². The van der Waals surface area contributed by atoms with Gasteiger partial charge in [-0.1, -0.05) is 20.8 Å². The Morgan fingerprint density at radius 3 is 2.30 bits per heavy atom. The first-order valence-corrected chi connectivity index (χ1v) is 7.34. The normalized spacial score (nSPS) is 17.8. The van der Waals surface area contributed by atoms with Crippen molar-refractivity contribution in [2.45, 2.75) is 45.1 Å². The van der Waals surface area contributed by atoms with E-state index >= 15 is 0 Å². The van der Waals surface area contributed by atoms with Crippen molar-refractivity contribution < 1.29 is 0 Å². The third-order valence-corrected chi connectivity index (χ3v) is 3.92. The minimum absolute atomic E-state index is 0.0773. The molecule has 2 N–H and O–H groups in total. The molecular formula is C15H27N5. The van der Waals surface area contributed by atoms with E-state index in [-0.39, 0.29) is 5.41 Å². The van der Waals surface area contributed by atoms with Crippen LogP contribution in [-0.2, 0) is 5.41 Å². The first kappa shape index (κ1) is 15.0. The predicted molar refractivity (Wildman–Crippen MR) is 84.1 cm³/mol. The van der Waals surface area contributed by atoms with Gasteiger partial charge >= 0.3 is 0 Å². The quantitative estimate of drug-likeness (QED) is 0.894. The second kappa shape index (κ2) is 5.56. The molecule has 1 fully saturated rings. The molecule has 20 heavy (non-hydrogen) atoms. The number of nitrogen functional groups attached to an aromatic ring is 1. The van der Waals surface area contributed by atoms with Crippen LogP contribution in [0, 0.1) is 0 Å². The molecule has 0 unspecified atom stereocenters. The number of hydrogen-bond acceptors (Lipinski definition) is 5. The Kier molecular flexibility index (Phi) is 4.18. The summed E-state index contributed by atoms with van der Waals surface area (Å²) in [6, 6.07) is 2.57. The van der Waals surface area contributed by atoms with Crippen LogP contribution < -0.4 is 10.6 Å². The molecule has 5 nitrogen and oxygen atoms in total. The molecule has 0 radical (unpaired) electrons. The Hall–Kier alpha value is -1.36. The van der Waals surface area contributed by atoms with Crippen LogP contribution in [0.4, 0.5) is 11.6 Å². The summed E-state index contributed by atoms with van der Waals surface area (Å²) in [5.41, 5.74) is 5.87. The lowest BCUT2D eigenvalue weighted by atomic mass is 9.95. The van der Waals surface area contributed by atoms with Crippen LogP contribution in [0.15, 0.2) is 6.07 Å². The lowest BCUT2D eigenvalue weighted by molar-refractivity contribution is 0.249. The minimum Gasteiger partial charge on any atom is -0.384 e. The van der Waals surface area contributed by atoms with Crippen molar-refractivity contribution in [1.82, 2.24) is 14.9 Å². The molecule has 0 spiro atoms. The molecule has 1 aliphatic heterocycles. The minimum atomic E-state index is -0.0773. The van der Waals surface area contributed by atoms with Crippen LogP contribution in [0.3, 0.4) is 0 Å². The van der Waals surface area contributed by atoms with Gasteiger partial charge in [-0.05, 0) is 26.9 Å². The molecule has 0 aliphatic carbocycles. The molecule has 0 bridgehead atoms. The lowest BCUT2D eigenvalue weighted by Gasteiger charge is -2.36. The highest BCUT2D eigenvalue weighted by atomic mass is 15.2. The summed E-state index contributed by atoms with van der Waals surface area (Å²) in [5, 5.41) is 0. The van der Waals surface area contributed by atoms with Crippen molar-refractivity contribution in [3.8, 4) is 0 Å². The summed E-state index contributed by atoms with van der Waals surface area (Å²) < 4.78 is 0. The van der Waals surface area contributed by atoms with Gasteiger partial charge in [0.05, 0.1) is 0 Å². The molecule has 1 aliphatic rings. The summed E-state index contributed by atoms with van der Waals surface area (Å²) >= 11 is 0. The van der Waals surface area contributed by atoms with Crippen LogP contribution in [0.5, 0.6) is 0 Å². The van der Waals surface area contributed by atoms with Crippen LogP contribution in [0.1, 0.15) is 39.4 Å². The van der Waals surface area contributed by atoms with Crippen LogP contribution in [-0.4, -0.2) is 48.1 Å². The molecule has 0 saturated carbocycles. The van der Waals surface area contributed by atoms with Crippen LogP contribution in [0.25, 0.3) is 0 Å². The fraction of sp³-hybridized carbons (Fsp3) is 0.733. The maximum atomic E-state index is 5.95. The Morgan fingerprint density at radius 2 is 1.80 bits per heavy atom. The van der Waals surface area contributed by atoms with Crippen LogP contribution in [0.2, 0.25) is 0 Å². The fourth-order valence-electron chi connectivity index (χ4n) is 2.56. The van der Waals surface area contributed by atoms with Gasteiger partial charge in [-0.25, -0.2) is 9.97 Å². The van der Waals surface area contributed by atoms with Gasteiger partial charge in [0.2, 0.25) is 0 Å². The second-order valence-electron chi connectivity index (χ2n) is 6.91. The van der Waals surface area contributed by atoms with Crippen LogP contribution >= 0.6 is 0 Å². The van der Waals surface area contributed by atoms with E-state index in [4.69, 9.17) is 10.7 Å². The van der Waals surface area contributed by atoms with Gasteiger partial charge in [-0.3, -0.25) is 0 Å². The topological polar surface area (TPSA) is 58.3 Å².